The summed E-state index contributed by atoms with van der Waals surface area (Å²) in [6, 6.07) is -1.12. The molecule has 1 heterocycles. The number of carbonyl (C=O) groups excluding carboxylic acids is 1. The summed E-state index contributed by atoms with van der Waals surface area (Å²) in [5.74, 6) is -0.709. The van der Waals surface area contributed by atoms with E-state index in [-0.39, 0.29) is 6.42 Å². The Hall–Kier alpha value is -1.46. The fourth-order valence-electron chi connectivity index (χ4n) is 8.22. The molecule has 64 heavy (non-hydrogen) atoms. The molecule has 1 aliphatic rings. The summed E-state index contributed by atoms with van der Waals surface area (Å²) in [5.41, 5.74) is 0. The first-order chi connectivity index (χ1) is 30.9. The maximum atomic E-state index is 13.1. The van der Waals surface area contributed by atoms with Crippen LogP contribution in [0.4, 0.5) is 0 Å². The molecule has 1 amide bonds. The lowest BCUT2D eigenvalue weighted by molar-refractivity contribution is -0.298. The lowest BCUT2D eigenvalue weighted by Crippen LogP contribution is -2.61. The fraction of sp³-hybridized carbons (Fsp3) is 0.900. The molecule has 0 radical (unpaired) electrons. The number of aliphatic hydroxyl groups excluding tert-OH is 5. The molecule has 14 heteroatoms. The van der Waals surface area contributed by atoms with Crippen molar-refractivity contribution in [3.8, 4) is 0 Å². The molecule has 0 saturated carbocycles. The third-order valence-electron chi connectivity index (χ3n) is 12.3. The molecular formula is C50H95NO12S. The van der Waals surface area contributed by atoms with Gasteiger partial charge in [0.1, 0.15) is 30.5 Å². The first kappa shape index (κ1) is 60.6. The third-order valence-corrected chi connectivity index (χ3v) is 12.8. The Kier molecular flexibility index (Phi) is 38.4. The summed E-state index contributed by atoms with van der Waals surface area (Å²) in [6.07, 6.45) is 35.4. The lowest BCUT2D eigenvalue weighted by Gasteiger charge is -2.41. The van der Waals surface area contributed by atoms with Crippen molar-refractivity contribution < 1.29 is 57.0 Å². The van der Waals surface area contributed by atoms with Gasteiger partial charge in [0.25, 0.3) is 0 Å². The summed E-state index contributed by atoms with van der Waals surface area (Å²) in [7, 11) is -5.12. The van der Waals surface area contributed by atoms with Crippen LogP contribution in [-0.4, -0.2) is 107 Å². The van der Waals surface area contributed by atoms with Gasteiger partial charge in [0, 0.05) is 0 Å². The second kappa shape index (κ2) is 40.6. The van der Waals surface area contributed by atoms with E-state index in [1.54, 1.807) is 6.08 Å². The second-order valence-electron chi connectivity index (χ2n) is 18.3. The van der Waals surface area contributed by atoms with Crippen molar-refractivity contribution in [3.05, 3.63) is 24.3 Å². The Bertz CT molecular complexity index is 1250. The van der Waals surface area contributed by atoms with E-state index in [0.29, 0.717) is 12.8 Å². The predicted molar refractivity (Wildman–Crippen MR) is 256 cm³/mol. The number of allylic oxidation sites excluding steroid dienone is 3. The molecule has 378 valence electrons. The van der Waals surface area contributed by atoms with Crippen LogP contribution in [-0.2, 0) is 28.9 Å². The number of ether oxygens (including phenoxy) is 2. The number of rotatable bonds is 44. The molecule has 1 saturated heterocycles. The van der Waals surface area contributed by atoms with Gasteiger partial charge in [-0.3, -0.25) is 9.35 Å². The van der Waals surface area contributed by atoms with Gasteiger partial charge in [-0.05, 0) is 44.9 Å². The van der Waals surface area contributed by atoms with Crippen molar-refractivity contribution in [1.29, 1.82) is 0 Å². The normalized spacial score (nSPS) is 20.9. The van der Waals surface area contributed by atoms with E-state index >= 15 is 0 Å². The zero-order valence-electron chi connectivity index (χ0n) is 40.2. The van der Waals surface area contributed by atoms with E-state index < -0.39 is 78.5 Å². The molecule has 13 nitrogen and oxygen atoms in total. The van der Waals surface area contributed by atoms with E-state index in [1.807, 2.05) is 6.08 Å². The van der Waals surface area contributed by atoms with Crippen molar-refractivity contribution in [3.63, 3.8) is 0 Å². The van der Waals surface area contributed by atoms with Gasteiger partial charge in [0.05, 0.1) is 25.4 Å². The van der Waals surface area contributed by atoms with Gasteiger partial charge in [-0.25, -0.2) is 4.18 Å². The monoisotopic (exact) mass is 934 g/mol. The van der Waals surface area contributed by atoms with Gasteiger partial charge < -0.3 is 40.3 Å². The van der Waals surface area contributed by atoms with E-state index in [2.05, 4.69) is 35.5 Å². The molecule has 1 aliphatic heterocycles. The zero-order valence-corrected chi connectivity index (χ0v) is 41.0. The molecule has 8 unspecified atom stereocenters. The number of aliphatic hydroxyl groups is 5. The van der Waals surface area contributed by atoms with Crippen molar-refractivity contribution in [2.75, 3.05) is 13.2 Å². The van der Waals surface area contributed by atoms with Gasteiger partial charge in [-0.2, -0.15) is 8.42 Å². The Morgan fingerprint density at radius 1 is 0.625 bits per heavy atom. The van der Waals surface area contributed by atoms with E-state index in [9.17, 15) is 43.3 Å². The largest absolute Gasteiger partial charge is 0.397 e. The van der Waals surface area contributed by atoms with E-state index in [0.717, 1.165) is 51.4 Å². The predicted octanol–water partition coefficient (Wildman–Crippen LogP) is 9.86. The number of amides is 1. The van der Waals surface area contributed by atoms with Gasteiger partial charge >= 0.3 is 10.4 Å². The number of nitrogens with one attached hydrogen (secondary N) is 1. The van der Waals surface area contributed by atoms with E-state index in [1.165, 1.54) is 141 Å². The molecule has 7 N–H and O–H groups in total. The minimum absolute atomic E-state index is 0.230. The van der Waals surface area contributed by atoms with E-state index in [4.69, 9.17) is 9.47 Å². The molecule has 0 spiro atoms. The van der Waals surface area contributed by atoms with Crippen molar-refractivity contribution >= 4 is 16.3 Å². The third kappa shape index (κ3) is 32.3. The van der Waals surface area contributed by atoms with Gasteiger partial charge in [-0.15, -0.1) is 0 Å². The molecule has 0 aromatic heterocycles. The highest BCUT2D eigenvalue weighted by molar-refractivity contribution is 7.80. The van der Waals surface area contributed by atoms with Crippen LogP contribution in [0.15, 0.2) is 24.3 Å². The number of carbonyl (C=O) groups is 1. The van der Waals surface area contributed by atoms with Gasteiger partial charge in [-0.1, -0.05) is 205 Å². The maximum Gasteiger partial charge on any atom is 0.397 e. The highest BCUT2D eigenvalue weighted by Crippen LogP contribution is 2.26. The highest BCUT2D eigenvalue weighted by Gasteiger charge is 2.48. The minimum atomic E-state index is -5.12. The van der Waals surface area contributed by atoms with Crippen LogP contribution in [0.2, 0.25) is 0 Å². The molecule has 0 aromatic carbocycles. The average molecular weight is 934 g/mol. The lowest BCUT2D eigenvalue weighted by atomic mass is 9.99. The first-order valence-corrected chi connectivity index (χ1v) is 27.2. The summed E-state index contributed by atoms with van der Waals surface area (Å²) in [5, 5.41) is 55.3. The Morgan fingerprint density at radius 3 is 1.45 bits per heavy atom. The number of hydrogen-bond donors (Lipinski definition) is 7. The molecule has 8 atom stereocenters. The standard InChI is InChI=1S/C50H95NO12S/c1-3-5-7-9-11-13-15-17-19-20-21-22-23-25-26-28-30-32-34-36-38-43(53)42(41-61-50-47(56)48(63-64(58,59)60)46(55)45(40-52)62-50)51-49(57)44(54)39-37-35-33-31-29-27-24-18-16-14-12-10-8-6-4-2/h24,27,36,38,42-48,50,52-56H,3-23,25-26,28-35,37,39-41H2,1-2H3,(H,51,57)(H,58,59,60)/b27-24-,38-36+. The van der Waals surface area contributed by atoms with Crippen LogP contribution in [0.5, 0.6) is 0 Å². The number of hydrogen-bond acceptors (Lipinski definition) is 11. The summed E-state index contributed by atoms with van der Waals surface area (Å²) < 4.78 is 47.6. The Balaban J connectivity index is 2.53. The highest BCUT2D eigenvalue weighted by atomic mass is 32.3. The van der Waals surface area contributed by atoms with Gasteiger partial charge in [0.2, 0.25) is 5.91 Å². The second-order valence-corrected chi connectivity index (χ2v) is 19.3. The van der Waals surface area contributed by atoms with Crippen LogP contribution < -0.4 is 5.32 Å². The molecule has 1 rings (SSSR count). The van der Waals surface area contributed by atoms with Crippen LogP contribution in [0, 0.1) is 0 Å². The molecule has 0 aliphatic carbocycles. The van der Waals surface area contributed by atoms with Crippen molar-refractivity contribution in [1.82, 2.24) is 5.32 Å². The van der Waals surface area contributed by atoms with Gasteiger partial charge in [0.15, 0.2) is 6.29 Å². The maximum absolute atomic E-state index is 13.1. The molecular weight excluding hydrogens is 839 g/mol. The van der Waals surface area contributed by atoms with Crippen LogP contribution in [0.25, 0.3) is 0 Å². The van der Waals surface area contributed by atoms with Crippen LogP contribution in [0.3, 0.4) is 0 Å². The smallest absolute Gasteiger partial charge is 0.394 e. The minimum Gasteiger partial charge on any atom is -0.394 e. The van der Waals surface area contributed by atoms with Crippen LogP contribution >= 0.6 is 0 Å². The fourth-order valence-corrected chi connectivity index (χ4v) is 8.73. The summed E-state index contributed by atoms with van der Waals surface area (Å²) in [4.78, 5) is 13.1. The quantitative estimate of drug-likeness (QED) is 0.0173. The molecule has 0 aromatic rings. The Morgan fingerprint density at radius 2 is 1.03 bits per heavy atom. The SMILES string of the molecule is CCCCCCCCC/C=C\CCCCCCC(O)C(=O)NC(COC1OC(CO)C(O)C(OS(=O)(=O)O)C1O)C(O)/C=C/CCCCCCCCCCCCCCCCCCCC. The molecule has 1 fully saturated rings. The number of unbranched alkanes of at least 4 members (excludes halogenated alkanes) is 29. The average Bonchev–Trinajstić information content (AvgIpc) is 3.27. The first-order valence-electron chi connectivity index (χ1n) is 25.8. The van der Waals surface area contributed by atoms with Crippen LogP contribution in [0.1, 0.15) is 226 Å². The van der Waals surface area contributed by atoms with Crippen molar-refractivity contribution in [2.45, 2.75) is 275 Å². The summed E-state index contributed by atoms with van der Waals surface area (Å²) >= 11 is 0. The summed E-state index contributed by atoms with van der Waals surface area (Å²) in [6.45, 7) is 3.23. The topological polar surface area (TPSA) is 212 Å². The van der Waals surface area contributed by atoms with Crippen molar-refractivity contribution in [2.24, 2.45) is 0 Å². The molecule has 0 bridgehead atoms. The Labute approximate surface area is 389 Å². The zero-order chi connectivity index (χ0) is 47.1.